The number of hydrogen-bond donors (Lipinski definition) is 1. The van der Waals surface area contributed by atoms with Crippen LogP contribution in [0.25, 0.3) is 0 Å². The van der Waals surface area contributed by atoms with Gasteiger partial charge >= 0.3 is 0 Å². The zero-order valence-electron chi connectivity index (χ0n) is 15.4. The summed E-state index contributed by atoms with van der Waals surface area (Å²) in [5.74, 6) is 1.48. The summed E-state index contributed by atoms with van der Waals surface area (Å²) in [6.07, 6.45) is 6.37. The zero-order chi connectivity index (χ0) is 18.4. The van der Waals surface area contributed by atoms with E-state index in [1.54, 1.807) is 6.20 Å². The Labute approximate surface area is 154 Å². The van der Waals surface area contributed by atoms with Gasteiger partial charge in [-0.3, -0.25) is 4.98 Å². The van der Waals surface area contributed by atoms with Crippen molar-refractivity contribution in [2.45, 2.75) is 6.42 Å². The minimum Gasteiger partial charge on any atom is -0.378 e. The van der Waals surface area contributed by atoms with Crippen LogP contribution in [0.3, 0.4) is 0 Å². The molecule has 0 aliphatic carbocycles. The van der Waals surface area contributed by atoms with Crippen molar-refractivity contribution in [3.05, 3.63) is 66.6 Å². The van der Waals surface area contributed by atoms with Crippen molar-refractivity contribution in [3.63, 3.8) is 0 Å². The van der Waals surface area contributed by atoms with Crippen LogP contribution in [0.5, 0.6) is 0 Å². The summed E-state index contributed by atoms with van der Waals surface area (Å²) in [5, 5.41) is 3.26. The van der Waals surface area contributed by atoms with Gasteiger partial charge in [0, 0.05) is 57.7 Å². The summed E-state index contributed by atoms with van der Waals surface area (Å²) in [6, 6.07) is 14.2. The number of nitrogens with one attached hydrogen (secondary N) is 1. The molecule has 26 heavy (non-hydrogen) atoms. The second-order valence-corrected chi connectivity index (χ2v) is 6.33. The van der Waals surface area contributed by atoms with Crippen molar-refractivity contribution < 1.29 is 0 Å². The highest BCUT2D eigenvalue weighted by atomic mass is 15.2. The molecular weight excluding hydrogens is 324 g/mol. The average molecular weight is 348 g/mol. The molecule has 2 aromatic heterocycles. The molecule has 1 N–H and O–H groups in total. The Morgan fingerprint density at radius 1 is 0.885 bits per heavy atom. The molecule has 0 bridgehead atoms. The predicted octanol–water partition coefficient (Wildman–Crippen LogP) is 3.36. The lowest BCUT2D eigenvalue weighted by Gasteiger charge is -2.18. The fourth-order valence-corrected chi connectivity index (χ4v) is 2.55. The Balaban J connectivity index is 1.63. The number of benzene rings is 1. The van der Waals surface area contributed by atoms with Gasteiger partial charge in [-0.05, 0) is 54.4 Å². The SMILES string of the molecule is CN(C)c1ccc(Nc2nccc(N(C)CCc3ccncc3)n2)cc1. The number of anilines is 4. The summed E-state index contributed by atoms with van der Waals surface area (Å²) in [5.41, 5.74) is 3.38. The Morgan fingerprint density at radius 2 is 1.62 bits per heavy atom. The summed E-state index contributed by atoms with van der Waals surface area (Å²) < 4.78 is 0. The molecule has 3 aromatic rings. The van der Waals surface area contributed by atoms with Gasteiger partial charge < -0.3 is 15.1 Å². The molecule has 6 heteroatoms. The van der Waals surface area contributed by atoms with Crippen molar-refractivity contribution >= 4 is 23.1 Å². The smallest absolute Gasteiger partial charge is 0.229 e. The molecule has 0 saturated heterocycles. The van der Waals surface area contributed by atoms with E-state index in [9.17, 15) is 0 Å². The number of nitrogens with zero attached hydrogens (tertiary/aromatic N) is 5. The molecule has 3 rings (SSSR count). The molecule has 0 radical (unpaired) electrons. The molecular formula is C20H24N6. The van der Waals surface area contributed by atoms with Crippen molar-refractivity contribution in [2.75, 3.05) is 42.8 Å². The maximum Gasteiger partial charge on any atom is 0.229 e. The lowest BCUT2D eigenvalue weighted by molar-refractivity contribution is 0.855. The summed E-state index contributed by atoms with van der Waals surface area (Å²) in [6.45, 7) is 0.873. The van der Waals surface area contributed by atoms with Crippen LogP contribution in [-0.4, -0.2) is 42.6 Å². The van der Waals surface area contributed by atoms with Crippen LogP contribution in [0.4, 0.5) is 23.1 Å². The van der Waals surface area contributed by atoms with Crippen LogP contribution in [-0.2, 0) is 6.42 Å². The van der Waals surface area contributed by atoms with E-state index in [0.717, 1.165) is 30.2 Å². The molecule has 134 valence electrons. The molecule has 0 spiro atoms. The minimum atomic E-state index is 0.593. The van der Waals surface area contributed by atoms with Crippen LogP contribution in [0.15, 0.2) is 61.1 Å². The van der Waals surface area contributed by atoms with E-state index in [1.165, 1.54) is 5.56 Å². The number of hydrogen-bond acceptors (Lipinski definition) is 6. The lowest BCUT2D eigenvalue weighted by Crippen LogP contribution is -2.21. The monoisotopic (exact) mass is 348 g/mol. The van der Waals surface area contributed by atoms with Crippen LogP contribution >= 0.6 is 0 Å². The Hall–Kier alpha value is -3.15. The van der Waals surface area contributed by atoms with Gasteiger partial charge in [0.25, 0.3) is 0 Å². The second-order valence-electron chi connectivity index (χ2n) is 6.33. The maximum atomic E-state index is 4.62. The molecule has 0 unspecified atom stereocenters. The molecule has 0 aliphatic heterocycles. The van der Waals surface area contributed by atoms with Gasteiger partial charge in [-0.1, -0.05) is 0 Å². The van der Waals surface area contributed by atoms with Crippen LogP contribution in [0.2, 0.25) is 0 Å². The van der Waals surface area contributed by atoms with Gasteiger partial charge in [-0.25, -0.2) is 4.98 Å². The Kier molecular flexibility index (Phi) is 5.63. The first-order valence-corrected chi connectivity index (χ1v) is 8.59. The molecule has 0 fully saturated rings. The third-order valence-electron chi connectivity index (χ3n) is 4.16. The van der Waals surface area contributed by atoms with E-state index in [4.69, 9.17) is 0 Å². The standard InChI is InChI=1S/C20H24N6/c1-25(2)18-6-4-17(5-7-18)23-20-22-14-10-19(24-20)26(3)15-11-16-8-12-21-13-9-16/h4-10,12-14H,11,15H2,1-3H3,(H,22,23,24). The maximum absolute atomic E-state index is 4.62. The van der Waals surface area contributed by atoms with E-state index in [1.807, 2.05) is 63.9 Å². The number of rotatable bonds is 7. The van der Waals surface area contributed by atoms with Crippen LogP contribution in [0.1, 0.15) is 5.56 Å². The largest absolute Gasteiger partial charge is 0.378 e. The van der Waals surface area contributed by atoms with Gasteiger partial charge in [0.1, 0.15) is 5.82 Å². The van der Waals surface area contributed by atoms with Gasteiger partial charge in [-0.15, -0.1) is 0 Å². The summed E-state index contributed by atoms with van der Waals surface area (Å²) in [7, 11) is 6.09. The highest BCUT2D eigenvalue weighted by Gasteiger charge is 2.06. The molecule has 2 heterocycles. The quantitative estimate of drug-likeness (QED) is 0.706. The zero-order valence-corrected chi connectivity index (χ0v) is 15.4. The molecule has 0 atom stereocenters. The Bertz CT molecular complexity index is 817. The highest BCUT2D eigenvalue weighted by Crippen LogP contribution is 2.19. The molecule has 0 saturated carbocycles. The molecule has 1 aromatic carbocycles. The molecule has 0 aliphatic rings. The average Bonchev–Trinajstić information content (AvgIpc) is 2.67. The van der Waals surface area contributed by atoms with Crippen molar-refractivity contribution in [1.82, 2.24) is 15.0 Å². The topological polar surface area (TPSA) is 57.2 Å². The number of aromatic nitrogens is 3. The predicted molar refractivity (Wildman–Crippen MR) is 107 cm³/mol. The van der Waals surface area contributed by atoms with E-state index in [2.05, 4.69) is 42.2 Å². The second kappa shape index (κ2) is 8.29. The van der Waals surface area contributed by atoms with E-state index < -0.39 is 0 Å². The lowest BCUT2D eigenvalue weighted by atomic mass is 10.2. The fraction of sp³-hybridized carbons (Fsp3) is 0.250. The van der Waals surface area contributed by atoms with Gasteiger partial charge in [0.05, 0.1) is 0 Å². The van der Waals surface area contributed by atoms with Crippen molar-refractivity contribution in [3.8, 4) is 0 Å². The fourth-order valence-electron chi connectivity index (χ4n) is 2.55. The molecule has 0 amide bonds. The number of likely N-dealkylation sites (N-methyl/N-ethyl adjacent to an activating group) is 1. The first kappa shape index (κ1) is 17.7. The van der Waals surface area contributed by atoms with Crippen molar-refractivity contribution in [1.29, 1.82) is 0 Å². The highest BCUT2D eigenvalue weighted by molar-refractivity contribution is 5.59. The summed E-state index contributed by atoms with van der Waals surface area (Å²) in [4.78, 5) is 17.2. The minimum absolute atomic E-state index is 0.593. The number of pyridine rings is 1. The van der Waals surface area contributed by atoms with Gasteiger partial charge in [-0.2, -0.15) is 4.98 Å². The summed E-state index contributed by atoms with van der Waals surface area (Å²) >= 11 is 0. The normalized spacial score (nSPS) is 10.4. The first-order chi connectivity index (χ1) is 12.6. The Morgan fingerprint density at radius 3 is 2.31 bits per heavy atom. The molecule has 6 nitrogen and oxygen atoms in total. The third kappa shape index (κ3) is 4.69. The van der Waals surface area contributed by atoms with Crippen LogP contribution < -0.4 is 15.1 Å². The van der Waals surface area contributed by atoms with E-state index in [-0.39, 0.29) is 0 Å². The third-order valence-corrected chi connectivity index (χ3v) is 4.16. The first-order valence-electron chi connectivity index (χ1n) is 8.59. The van der Waals surface area contributed by atoms with Gasteiger partial charge in [0.2, 0.25) is 5.95 Å². The van der Waals surface area contributed by atoms with Crippen LogP contribution in [0, 0.1) is 0 Å². The van der Waals surface area contributed by atoms with E-state index in [0.29, 0.717) is 5.95 Å². The van der Waals surface area contributed by atoms with Crippen molar-refractivity contribution in [2.24, 2.45) is 0 Å². The van der Waals surface area contributed by atoms with Gasteiger partial charge in [0.15, 0.2) is 0 Å². The van der Waals surface area contributed by atoms with E-state index >= 15 is 0 Å².